The van der Waals surface area contributed by atoms with Crippen molar-refractivity contribution in [1.82, 2.24) is 9.78 Å². The smallest absolute Gasteiger partial charge is 0.246 e. The van der Waals surface area contributed by atoms with E-state index in [-0.39, 0.29) is 12.5 Å². The first-order valence-electron chi connectivity index (χ1n) is 6.14. The molecule has 1 aromatic heterocycles. The van der Waals surface area contributed by atoms with Crippen LogP contribution in [0.2, 0.25) is 0 Å². The van der Waals surface area contributed by atoms with Crippen LogP contribution in [-0.2, 0) is 11.3 Å². The molecule has 106 valence electrons. The summed E-state index contributed by atoms with van der Waals surface area (Å²) in [6.45, 7) is 6.13. The van der Waals surface area contributed by atoms with E-state index in [1.54, 1.807) is 4.68 Å². The molecule has 0 aliphatic carbocycles. The van der Waals surface area contributed by atoms with Crippen molar-refractivity contribution in [3.05, 3.63) is 43.2 Å². The molecule has 0 saturated carbocycles. The number of rotatable bonds is 3. The molecule has 0 aliphatic rings. The van der Waals surface area contributed by atoms with Crippen LogP contribution in [0.5, 0.6) is 0 Å². The average molecular weight is 448 g/mol. The zero-order chi connectivity index (χ0) is 14.9. The Kier molecular flexibility index (Phi) is 4.85. The van der Waals surface area contributed by atoms with Crippen LogP contribution < -0.4 is 5.32 Å². The number of benzene rings is 1. The standard InChI is InChI=1S/C14H15BrIN3O/c1-8-6-11(4-5-12(8)15)17-13(20)7-19-10(3)14(16)9(2)18-19/h4-6H,7H2,1-3H3,(H,17,20). The van der Waals surface area contributed by atoms with Gasteiger partial charge in [-0.25, -0.2) is 0 Å². The SMILES string of the molecule is Cc1cc(NC(=O)Cn2nc(C)c(I)c2C)ccc1Br. The Morgan fingerprint density at radius 1 is 1.40 bits per heavy atom. The third-order valence-corrected chi connectivity index (χ3v) is 5.48. The number of amides is 1. The van der Waals surface area contributed by atoms with E-state index in [1.165, 1.54) is 0 Å². The lowest BCUT2D eigenvalue weighted by Gasteiger charge is -2.08. The van der Waals surface area contributed by atoms with Gasteiger partial charge in [0.25, 0.3) is 0 Å². The maximum atomic E-state index is 12.1. The lowest BCUT2D eigenvalue weighted by Crippen LogP contribution is -2.20. The molecule has 2 aromatic rings. The lowest BCUT2D eigenvalue weighted by atomic mass is 10.2. The number of carbonyl (C=O) groups is 1. The number of anilines is 1. The first-order chi connectivity index (χ1) is 9.38. The predicted octanol–water partition coefficient (Wildman–Crippen LogP) is 3.81. The van der Waals surface area contributed by atoms with Crippen molar-refractivity contribution in [3.63, 3.8) is 0 Å². The first-order valence-corrected chi connectivity index (χ1v) is 8.01. The maximum absolute atomic E-state index is 12.1. The molecule has 1 aromatic carbocycles. The number of carbonyl (C=O) groups excluding carboxylic acids is 1. The van der Waals surface area contributed by atoms with Crippen molar-refractivity contribution < 1.29 is 4.79 Å². The molecule has 0 saturated heterocycles. The second kappa shape index (κ2) is 6.26. The summed E-state index contributed by atoms with van der Waals surface area (Å²) in [5.41, 5.74) is 3.86. The van der Waals surface area contributed by atoms with Gasteiger partial charge in [0.05, 0.1) is 9.26 Å². The van der Waals surface area contributed by atoms with Crippen molar-refractivity contribution in [2.24, 2.45) is 0 Å². The lowest BCUT2D eigenvalue weighted by molar-refractivity contribution is -0.116. The van der Waals surface area contributed by atoms with Crippen LogP contribution >= 0.6 is 38.5 Å². The van der Waals surface area contributed by atoms with Crippen LogP contribution in [-0.4, -0.2) is 15.7 Å². The highest BCUT2D eigenvalue weighted by molar-refractivity contribution is 14.1. The van der Waals surface area contributed by atoms with Crippen LogP contribution in [0.15, 0.2) is 22.7 Å². The fourth-order valence-electron chi connectivity index (χ4n) is 1.89. The van der Waals surface area contributed by atoms with Crippen molar-refractivity contribution in [1.29, 1.82) is 0 Å². The number of nitrogens with zero attached hydrogens (tertiary/aromatic N) is 2. The molecule has 1 amide bonds. The quantitative estimate of drug-likeness (QED) is 0.727. The van der Waals surface area contributed by atoms with Crippen molar-refractivity contribution in [2.45, 2.75) is 27.3 Å². The van der Waals surface area contributed by atoms with Gasteiger partial charge in [0.1, 0.15) is 6.54 Å². The van der Waals surface area contributed by atoms with Crippen molar-refractivity contribution in [3.8, 4) is 0 Å². The summed E-state index contributed by atoms with van der Waals surface area (Å²) in [5.74, 6) is -0.0753. The van der Waals surface area contributed by atoms with Gasteiger partial charge in [0.15, 0.2) is 0 Å². The molecular formula is C14H15BrIN3O. The van der Waals surface area contributed by atoms with Crippen LogP contribution in [0.1, 0.15) is 17.0 Å². The van der Waals surface area contributed by atoms with E-state index >= 15 is 0 Å². The molecular weight excluding hydrogens is 433 g/mol. The molecule has 0 atom stereocenters. The minimum atomic E-state index is -0.0753. The number of halogens is 2. The zero-order valence-electron chi connectivity index (χ0n) is 11.5. The minimum Gasteiger partial charge on any atom is -0.324 e. The van der Waals surface area contributed by atoms with Gasteiger partial charge in [-0.3, -0.25) is 9.48 Å². The third kappa shape index (κ3) is 3.41. The summed E-state index contributed by atoms with van der Waals surface area (Å²) in [6, 6.07) is 5.74. The number of aryl methyl sites for hydroxylation is 2. The highest BCUT2D eigenvalue weighted by Gasteiger charge is 2.12. The highest BCUT2D eigenvalue weighted by atomic mass is 127. The van der Waals surface area contributed by atoms with Crippen LogP contribution in [0.3, 0.4) is 0 Å². The monoisotopic (exact) mass is 447 g/mol. The second-order valence-corrected chi connectivity index (χ2v) is 6.59. The number of aromatic nitrogens is 2. The van der Waals surface area contributed by atoms with Gasteiger partial charge in [0, 0.05) is 15.9 Å². The fourth-order valence-corrected chi connectivity index (χ4v) is 2.52. The number of hydrogen-bond acceptors (Lipinski definition) is 2. The fraction of sp³-hybridized carbons (Fsp3) is 0.286. The molecule has 0 bridgehead atoms. The molecule has 1 N–H and O–H groups in total. The van der Waals surface area contributed by atoms with Gasteiger partial charge in [-0.1, -0.05) is 15.9 Å². The van der Waals surface area contributed by atoms with E-state index in [0.29, 0.717) is 0 Å². The summed E-state index contributed by atoms with van der Waals surface area (Å²) >= 11 is 5.69. The molecule has 0 unspecified atom stereocenters. The van der Waals surface area contributed by atoms with Gasteiger partial charge in [-0.05, 0) is 67.1 Å². The van der Waals surface area contributed by atoms with E-state index < -0.39 is 0 Å². The molecule has 20 heavy (non-hydrogen) atoms. The minimum absolute atomic E-state index is 0.0753. The van der Waals surface area contributed by atoms with Crippen molar-refractivity contribution >= 4 is 50.1 Å². The van der Waals surface area contributed by atoms with Crippen molar-refractivity contribution in [2.75, 3.05) is 5.32 Å². The van der Waals surface area contributed by atoms with E-state index in [9.17, 15) is 4.79 Å². The Morgan fingerprint density at radius 2 is 2.10 bits per heavy atom. The Bertz CT molecular complexity index is 667. The molecule has 0 fully saturated rings. The normalized spacial score (nSPS) is 10.7. The largest absolute Gasteiger partial charge is 0.324 e. The highest BCUT2D eigenvalue weighted by Crippen LogP contribution is 2.20. The van der Waals surface area contributed by atoms with Crippen LogP contribution in [0.4, 0.5) is 5.69 Å². The molecule has 1 heterocycles. The molecule has 0 aliphatic heterocycles. The van der Waals surface area contributed by atoms with Crippen LogP contribution in [0.25, 0.3) is 0 Å². The molecule has 4 nitrogen and oxygen atoms in total. The Labute approximate surface area is 140 Å². The second-order valence-electron chi connectivity index (χ2n) is 4.65. The molecule has 6 heteroatoms. The average Bonchev–Trinajstić information content (AvgIpc) is 2.61. The van der Waals surface area contributed by atoms with Gasteiger partial charge >= 0.3 is 0 Å². The first kappa shape index (κ1) is 15.5. The Hall–Kier alpha value is -0.890. The Balaban J connectivity index is 2.09. The van der Waals surface area contributed by atoms with Gasteiger partial charge in [-0.2, -0.15) is 5.10 Å². The summed E-state index contributed by atoms with van der Waals surface area (Å²) in [5, 5.41) is 7.26. The summed E-state index contributed by atoms with van der Waals surface area (Å²) in [6.07, 6.45) is 0. The molecule has 0 radical (unpaired) electrons. The van der Waals surface area contributed by atoms with Crippen LogP contribution in [0, 0.1) is 24.3 Å². The number of hydrogen-bond donors (Lipinski definition) is 1. The van der Waals surface area contributed by atoms with Gasteiger partial charge in [0.2, 0.25) is 5.91 Å². The summed E-state index contributed by atoms with van der Waals surface area (Å²) in [4.78, 5) is 12.1. The Morgan fingerprint density at radius 3 is 2.65 bits per heavy atom. The van der Waals surface area contributed by atoms with E-state index in [4.69, 9.17) is 0 Å². The topological polar surface area (TPSA) is 46.9 Å². The third-order valence-electron chi connectivity index (χ3n) is 3.03. The molecule has 2 rings (SSSR count). The van der Waals surface area contributed by atoms with E-state index in [0.717, 1.165) is 30.7 Å². The zero-order valence-corrected chi connectivity index (χ0v) is 15.2. The van der Waals surface area contributed by atoms with E-state index in [2.05, 4.69) is 48.9 Å². The summed E-state index contributed by atoms with van der Waals surface area (Å²) in [7, 11) is 0. The van der Waals surface area contributed by atoms with Gasteiger partial charge < -0.3 is 5.32 Å². The molecule has 0 spiro atoms. The summed E-state index contributed by atoms with van der Waals surface area (Å²) < 4.78 is 3.87. The van der Waals surface area contributed by atoms with Gasteiger partial charge in [-0.15, -0.1) is 0 Å². The number of nitrogens with one attached hydrogen (secondary N) is 1. The predicted molar refractivity (Wildman–Crippen MR) is 91.9 cm³/mol. The van der Waals surface area contributed by atoms with E-state index in [1.807, 2.05) is 39.0 Å². The maximum Gasteiger partial charge on any atom is 0.246 e.